The summed E-state index contributed by atoms with van der Waals surface area (Å²) < 4.78 is 0. The van der Waals surface area contributed by atoms with Crippen LogP contribution in [0.1, 0.15) is 44.2 Å². The maximum Gasteiger partial charge on any atom is 0.241 e. The number of rotatable bonds is 4. The van der Waals surface area contributed by atoms with Crippen molar-refractivity contribution in [3.05, 3.63) is 35.9 Å². The molecule has 3 heteroatoms. The van der Waals surface area contributed by atoms with Crippen molar-refractivity contribution in [1.29, 1.82) is 0 Å². The van der Waals surface area contributed by atoms with Gasteiger partial charge in [-0.2, -0.15) is 0 Å². The Kier molecular flexibility index (Phi) is 4.97. The van der Waals surface area contributed by atoms with E-state index in [1.165, 1.54) is 25.7 Å². The predicted molar refractivity (Wildman–Crippen MR) is 77.5 cm³/mol. The first-order chi connectivity index (χ1) is 9.16. The summed E-state index contributed by atoms with van der Waals surface area (Å²) in [6.07, 6.45) is 5.01. The van der Waals surface area contributed by atoms with Gasteiger partial charge in [-0.3, -0.25) is 4.79 Å². The van der Waals surface area contributed by atoms with Crippen molar-refractivity contribution in [3.63, 3.8) is 0 Å². The lowest BCUT2D eigenvalue weighted by molar-refractivity contribution is -0.122. The smallest absolute Gasteiger partial charge is 0.241 e. The average Bonchev–Trinajstić information content (AvgIpc) is 2.46. The van der Waals surface area contributed by atoms with Gasteiger partial charge >= 0.3 is 0 Å². The molecule has 1 aliphatic rings. The highest BCUT2D eigenvalue weighted by Crippen LogP contribution is 2.27. The molecule has 0 aliphatic heterocycles. The molecule has 19 heavy (non-hydrogen) atoms. The van der Waals surface area contributed by atoms with Crippen LogP contribution in [0.15, 0.2) is 30.3 Å². The Morgan fingerprint density at radius 2 is 1.89 bits per heavy atom. The molecule has 1 atom stereocenters. The Labute approximate surface area is 115 Å². The third-order valence-electron chi connectivity index (χ3n) is 4.14. The minimum atomic E-state index is -0.552. The monoisotopic (exact) mass is 260 g/mol. The molecule has 1 saturated carbocycles. The van der Waals surface area contributed by atoms with Crippen LogP contribution in [0, 0.1) is 11.8 Å². The fourth-order valence-corrected chi connectivity index (χ4v) is 2.70. The van der Waals surface area contributed by atoms with Crippen LogP contribution in [-0.4, -0.2) is 12.5 Å². The minimum absolute atomic E-state index is 0.0650. The van der Waals surface area contributed by atoms with E-state index in [-0.39, 0.29) is 5.91 Å². The number of amides is 1. The van der Waals surface area contributed by atoms with E-state index in [2.05, 4.69) is 12.2 Å². The molecule has 1 amide bonds. The lowest BCUT2D eigenvalue weighted by atomic mass is 9.83. The molecule has 104 valence electrons. The van der Waals surface area contributed by atoms with Gasteiger partial charge in [0.1, 0.15) is 6.04 Å². The zero-order valence-corrected chi connectivity index (χ0v) is 11.6. The van der Waals surface area contributed by atoms with Crippen molar-refractivity contribution < 1.29 is 4.79 Å². The van der Waals surface area contributed by atoms with Gasteiger partial charge in [0.15, 0.2) is 0 Å². The van der Waals surface area contributed by atoms with Gasteiger partial charge in [0.05, 0.1) is 0 Å². The van der Waals surface area contributed by atoms with Gasteiger partial charge in [0.25, 0.3) is 0 Å². The van der Waals surface area contributed by atoms with Crippen molar-refractivity contribution in [2.75, 3.05) is 6.54 Å². The Balaban J connectivity index is 1.78. The molecule has 3 nitrogen and oxygen atoms in total. The van der Waals surface area contributed by atoms with Crippen LogP contribution in [0.5, 0.6) is 0 Å². The third-order valence-corrected chi connectivity index (χ3v) is 4.14. The summed E-state index contributed by atoms with van der Waals surface area (Å²) >= 11 is 0. The number of carbonyl (C=O) groups is 1. The normalized spacial score (nSPS) is 24.7. The highest BCUT2D eigenvalue weighted by Gasteiger charge is 2.20. The Morgan fingerprint density at radius 3 is 2.53 bits per heavy atom. The van der Waals surface area contributed by atoms with E-state index >= 15 is 0 Å². The molecule has 0 unspecified atom stereocenters. The summed E-state index contributed by atoms with van der Waals surface area (Å²) in [5.41, 5.74) is 6.84. The van der Waals surface area contributed by atoms with Crippen molar-refractivity contribution >= 4 is 5.91 Å². The van der Waals surface area contributed by atoms with Crippen LogP contribution in [0.25, 0.3) is 0 Å². The third kappa shape index (κ3) is 4.06. The van der Waals surface area contributed by atoms with E-state index in [1.54, 1.807) is 0 Å². The number of hydrogen-bond donors (Lipinski definition) is 2. The first-order valence-electron chi connectivity index (χ1n) is 7.25. The van der Waals surface area contributed by atoms with Gasteiger partial charge < -0.3 is 11.1 Å². The lowest BCUT2D eigenvalue weighted by Crippen LogP contribution is -2.37. The maximum absolute atomic E-state index is 12.0. The zero-order valence-electron chi connectivity index (χ0n) is 11.6. The molecule has 0 radical (unpaired) electrons. The van der Waals surface area contributed by atoms with Crippen molar-refractivity contribution in [1.82, 2.24) is 5.32 Å². The second-order valence-corrected chi connectivity index (χ2v) is 5.76. The molecule has 3 N–H and O–H groups in total. The summed E-state index contributed by atoms with van der Waals surface area (Å²) in [7, 11) is 0. The van der Waals surface area contributed by atoms with E-state index < -0.39 is 6.04 Å². The van der Waals surface area contributed by atoms with Gasteiger partial charge in [0.2, 0.25) is 5.91 Å². The average molecular weight is 260 g/mol. The second kappa shape index (κ2) is 6.71. The molecule has 0 heterocycles. The highest BCUT2D eigenvalue weighted by molar-refractivity contribution is 5.82. The van der Waals surface area contributed by atoms with Crippen LogP contribution in [0.3, 0.4) is 0 Å². The quantitative estimate of drug-likeness (QED) is 0.874. The van der Waals surface area contributed by atoms with Gasteiger partial charge in [-0.05, 0) is 30.2 Å². The first-order valence-corrected chi connectivity index (χ1v) is 7.25. The molecule has 1 aromatic rings. The molecule has 1 aromatic carbocycles. The fourth-order valence-electron chi connectivity index (χ4n) is 2.70. The maximum atomic E-state index is 12.0. The van der Waals surface area contributed by atoms with Gasteiger partial charge in [-0.15, -0.1) is 0 Å². The van der Waals surface area contributed by atoms with Crippen LogP contribution in [0.4, 0.5) is 0 Å². The number of nitrogens with two attached hydrogens (primary N) is 1. The molecule has 2 rings (SSSR count). The number of carbonyl (C=O) groups excluding carboxylic acids is 1. The zero-order chi connectivity index (χ0) is 13.7. The van der Waals surface area contributed by atoms with Crippen molar-refractivity contribution in [2.24, 2.45) is 17.6 Å². The fraction of sp³-hybridized carbons (Fsp3) is 0.562. The minimum Gasteiger partial charge on any atom is -0.354 e. The molecule has 1 aliphatic carbocycles. The second-order valence-electron chi connectivity index (χ2n) is 5.76. The lowest BCUT2D eigenvalue weighted by Gasteiger charge is -2.26. The number of benzene rings is 1. The number of hydrogen-bond acceptors (Lipinski definition) is 2. The standard InChI is InChI=1S/C16H24N2O/c1-12-7-9-13(10-8-12)11-18-16(19)15(17)14-5-3-2-4-6-14/h2-6,12-13,15H,7-11,17H2,1H3,(H,18,19)/t12?,13?,15-/m1/s1. The van der Waals surface area contributed by atoms with Gasteiger partial charge in [-0.1, -0.05) is 50.1 Å². The number of nitrogens with one attached hydrogen (secondary N) is 1. The first kappa shape index (κ1) is 14.1. The van der Waals surface area contributed by atoms with Crippen LogP contribution < -0.4 is 11.1 Å². The molecule has 0 aromatic heterocycles. The topological polar surface area (TPSA) is 55.1 Å². The van der Waals surface area contributed by atoms with Crippen molar-refractivity contribution in [3.8, 4) is 0 Å². The van der Waals surface area contributed by atoms with Gasteiger partial charge in [0, 0.05) is 6.54 Å². The molecule has 0 saturated heterocycles. The van der Waals surface area contributed by atoms with Crippen molar-refractivity contribution in [2.45, 2.75) is 38.6 Å². The largest absolute Gasteiger partial charge is 0.354 e. The summed E-state index contributed by atoms with van der Waals surface area (Å²) in [6, 6.07) is 8.98. The SMILES string of the molecule is CC1CCC(CNC(=O)[C@H](N)c2ccccc2)CC1. The Bertz CT molecular complexity index is 396. The predicted octanol–water partition coefficient (Wildman–Crippen LogP) is 2.63. The molecular formula is C16H24N2O. The molecular weight excluding hydrogens is 236 g/mol. The molecule has 0 spiro atoms. The molecule has 1 fully saturated rings. The Hall–Kier alpha value is -1.35. The highest BCUT2D eigenvalue weighted by atomic mass is 16.2. The van der Waals surface area contributed by atoms with E-state index in [4.69, 9.17) is 5.73 Å². The summed E-state index contributed by atoms with van der Waals surface area (Å²) in [6.45, 7) is 3.08. The van der Waals surface area contributed by atoms with Crippen LogP contribution in [0.2, 0.25) is 0 Å². The van der Waals surface area contributed by atoms with E-state index in [9.17, 15) is 4.79 Å². The Morgan fingerprint density at radius 1 is 1.26 bits per heavy atom. The van der Waals surface area contributed by atoms with E-state index in [0.29, 0.717) is 5.92 Å². The molecule has 0 bridgehead atoms. The van der Waals surface area contributed by atoms with Gasteiger partial charge in [-0.25, -0.2) is 0 Å². The summed E-state index contributed by atoms with van der Waals surface area (Å²) in [5.74, 6) is 1.41. The summed E-state index contributed by atoms with van der Waals surface area (Å²) in [5, 5.41) is 3.00. The summed E-state index contributed by atoms with van der Waals surface area (Å²) in [4.78, 5) is 12.0. The van der Waals surface area contributed by atoms with Crippen LogP contribution >= 0.6 is 0 Å². The van der Waals surface area contributed by atoms with Crippen LogP contribution in [-0.2, 0) is 4.79 Å². The van der Waals surface area contributed by atoms with E-state index in [0.717, 1.165) is 18.0 Å². The van der Waals surface area contributed by atoms with E-state index in [1.807, 2.05) is 30.3 Å².